The first-order chi connectivity index (χ1) is 9.39. The topological polar surface area (TPSA) is 57.6 Å². The van der Waals surface area contributed by atoms with E-state index in [0.29, 0.717) is 6.54 Å². The van der Waals surface area contributed by atoms with Gasteiger partial charge >= 0.3 is 5.76 Å². The Balaban J connectivity index is 2.02. The van der Waals surface area contributed by atoms with Gasteiger partial charge in [0, 0.05) is 19.6 Å². The molecule has 112 valence electrons. The molecule has 1 aliphatic rings. The van der Waals surface area contributed by atoms with E-state index in [9.17, 15) is 22.3 Å². The van der Waals surface area contributed by atoms with Crippen LogP contribution >= 0.6 is 0 Å². The van der Waals surface area contributed by atoms with Crippen LogP contribution in [0.5, 0.6) is 0 Å². The van der Waals surface area contributed by atoms with Crippen LogP contribution in [0.4, 0.5) is 8.78 Å². The average Bonchev–Trinajstić information content (AvgIpc) is 2.42. The predicted molar refractivity (Wildman–Crippen MR) is 70.1 cm³/mol. The zero-order chi connectivity index (χ0) is 14.8. The second kappa shape index (κ2) is 6.15. The van der Waals surface area contributed by atoms with Crippen molar-refractivity contribution < 1.29 is 22.3 Å². The van der Waals surface area contributed by atoms with E-state index in [1.54, 1.807) is 12.1 Å². The van der Waals surface area contributed by atoms with Crippen LogP contribution < -0.4 is 0 Å². The molecule has 0 aliphatic carbocycles. The molecule has 2 rings (SSSR count). The van der Waals surface area contributed by atoms with E-state index >= 15 is 0 Å². The number of benzene rings is 1. The van der Waals surface area contributed by atoms with Gasteiger partial charge in [-0.2, -0.15) is 8.78 Å². The molecule has 20 heavy (non-hydrogen) atoms. The summed E-state index contributed by atoms with van der Waals surface area (Å²) in [4.78, 5) is 1.79. The lowest BCUT2D eigenvalue weighted by atomic mass is 10.1. The molecule has 1 N–H and O–H groups in total. The standard InChI is InChI=1S/C13H17F2NO3S/c14-13(15)20(18,19)12-3-1-10(2-4-12)9-16-7-5-11(17)6-8-16/h1-4,11,13,17H,5-9H2. The van der Waals surface area contributed by atoms with Crippen molar-refractivity contribution in [3.05, 3.63) is 29.8 Å². The first-order valence-electron chi connectivity index (χ1n) is 6.41. The number of aliphatic hydroxyl groups is 1. The molecule has 1 saturated heterocycles. The number of hydrogen-bond donors (Lipinski definition) is 1. The molecule has 0 aromatic heterocycles. The van der Waals surface area contributed by atoms with Crippen LogP contribution in [0.2, 0.25) is 0 Å². The van der Waals surface area contributed by atoms with Crippen molar-refractivity contribution in [2.24, 2.45) is 0 Å². The smallest absolute Gasteiger partial charge is 0.341 e. The summed E-state index contributed by atoms with van der Waals surface area (Å²) >= 11 is 0. The number of likely N-dealkylation sites (tertiary alicyclic amines) is 1. The van der Waals surface area contributed by atoms with Crippen LogP contribution in [0.25, 0.3) is 0 Å². The minimum atomic E-state index is -4.51. The lowest BCUT2D eigenvalue weighted by molar-refractivity contribution is 0.0792. The number of aliphatic hydroxyl groups excluding tert-OH is 1. The summed E-state index contributed by atoms with van der Waals surface area (Å²) in [6.45, 7) is 2.18. The summed E-state index contributed by atoms with van der Waals surface area (Å²) in [5.41, 5.74) is 0.870. The van der Waals surface area contributed by atoms with Gasteiger partial charge in [-0.05, 0) is 30.5 Å². The molecule has 1 aromatic carbocycles. The highest BCUT2D eigenvalue weighted by atomic mass is 32.2. The second-order valence-electron chi connectivity index (χ2n) is 4.96. The van der Waals surface area contributed by atoms with Crippen LogP contribution in [0.15, 0.2) is 29.2 Å². The molecule has 1 heterocycles. The van der Waals surface area contributed by atoms with Gasteiger partial charge in [0.1, 0.15) is 0 Å². The number of sulfone groups is 1. The third kappa shape index (κ3) is 3.53. The molecule has 0 spiro atoms. The number of piperidine rings is 1. The van der Waals surface area contributed by atoms with Crippen molar-refractivity contribution in [3.8, 4) is 0 Å². The maximum absolute atomic E-state index is 12.4. The molecular weight excluding hydrogens is 288 g/mol. The van der Waals surface area contributed by atoms with E-state index in [0.717, 1.165) is 31.5 Å². The van der Waals surface area contributed by atoms with E-state index in [4.69, 9.17) is 0 Å². The maximum atomic E-state index is 12.4. The molecule has 1 aromatic rings. The Hall–Kier alpha value is -1.05. The number of nitrogens with zero attached hydrogens (tertiary/aromatic N) is 1. The van der Waals surface area contributed by atoms with Gasteiger partial charge in [-0.25, -0.2) is 8.42 Å². The van der Waals surface area contributed by atoms with Crippen molar-refractivity contribution >= 4 is 9.84 Å². The summed E-state index contributed by atoms with van der Waals surface area (Å²) in [5.74, 6) is -3.39. The van der Waals surface area contributed by atoms with E-state index < -0.39 is 15.6 Å². The van der Waals surface area contributed by atoms with Gasteiger partial charge in [0.25, 0.3) is 0 Å². The molecule has 1 aliphatic heterocycles. The van der Waals surface area contributed by atoms with Crippen LogP contribution in [0.1, 0.15) is 18.4 Å². The Morgan fingerprint density at radius 1 is 1.20 bits per heavy atom. The van der Waals surface area contributed by atoms with Gasteiger partial charge < -0.3 is 5.11 Å². The molecule has 1 fully saturated rings. The Bertz CT molecular complexity index is 537. The highest BCUT2D eigenvalue weighted by molar-refractivity contribution is 7.91. The van der Waals surface area contributed by atoms with E-state index in [1.807, 2.05) is 0 Å². The fourth-order valence-corrected chi connectivity index (χ4v) is 2.94. The minimum Gasteiger partial charge on any atom is -0.393 e. The van der Waals surface area contributed by atoms with Crippen molar-refractivity contribution in [2.75, 3.05) is 13.1 Å². The largest absolute Gasteiger partial charge is 0.393 e. The molecule has 0 atom stereocenters. The number of halogens is 2. The van der Waals surface area contributed by atoms with Gasteiger partial charge in [0.15, 0.2) is 0 Å². The zero-order valence-electron chi connectivity index (χ0n) is 10.9. The van der Waals surface area contributed by atoms with Crippen LogP contribution in [0, 0.1) is 0 Å². The molecule has 7 heteroatoms. The van der Waals surface area contributed by atoms with Gasteiger partial charge in [-0.3, -0.25) is 4.90 Å². The quantitative estimate of drug-likeness (QED) is 0.919. The van der Waals surface area contributed by atoms with E-state index in [1.165, 1.54) is 12.1 Å². The third-order valence-electron chi connectivity index (χ3n) is 3.45. The highest BCUT2D eigenvalue weighted by Crippen LogP contribution is 2.20. The first-order valence-corrected chi connectivity index (χ1v) is 7.95. The maximum Gasteiger partial charge on any atom is 0.341 e. The lowest BCUT2D eigenvalue weighted by Gasteiger charge is -2.29. The summed E-state index contributed by atoms with van der Waals surface area (Å²) in [7, 11) is -4.51. The Morgan fingerprint density at radius 3 is 2.25 bits per heavy atom. The molecule has 0 unspecified atom stereocenters. The first kappa shape index (κ1) is 15.3. The SMILES string of the molecule is O=S(=O)(c1ccc(CN2CCC(O)CC2)cc1)C(F)F. The summed E-state index contributed by atoms with van der Waals surface area (Å²) < 4.78 is 47.3. The summed E-state index contributed by atoms with van der Waals surface area (Å²) in [6, 6.07) is 5.55. The number of alkyl halides is 2. The van der Waals surface area contributed by atoms with E-state index in [2.05, 4.69) is 4.90 Å². The average molecular weight is 305 g/mol. The summed E-state index contributed by atoms with van der Waals surface area (Å²) in [6.07, 6.45) is 1.19. The Kier molecular flexibility index (Phi) is 4.72. The normalized spacial score (nSPS) is 18.6. The van der Waals surface area contributed by atoms with Crippen molar-refractivity contribution in [2.45, 2.75) is 36.1 Å². The van der Waals surface area contributed by atoms with E-state index in [-0.39, 0.29) is 11.0 Å². The number of rotatable bonds is 4. The third-order valence-corrected chi connectivity index (χ3v) is 4.85. The van der Waals surface area contributed by atoms with Crippen molar-refractivity contribution in [3.63, 3.8) is 0 Å². The fourth-order valence-electron chi connectivity index (χ4n) is 2.22. The van der Waals surface area contributed by atoms with Gasteiger partial charge in [0.2, 0.25) is 9.84 Å². The van der Waals surface area contributed by atoms with Crippen molar-refractivity contribution in [1.82, 2.24) is 4.90 Å². The summed E-state index contributed by atoms with van der Waals surface area (Å²) in [5, 5.41) is 9.41. The molecule has 0 radical (unpaired) electrons. The molecule has 0 bridgehead atoms. The minimum absolute atomic E-state index is 0.246. The Morgan fingerprint density at radius 2 is 1.75 bits per heavy atom. The van der Waals surface area contributed by atoms with Crippen LogP contribution in [-0.4, -0.2) is 43.4 Å². The van der Waals surface area contributed by atoms with Gasteiger partial charge in [-0.15, -0.1) is 0 Å². The van der Waals surface area contributed by atoms with Gasteiger partial charge in [0.05, 0.1) is 11.0 Å². The monoisotopic (exact) mass is 305 g/mol. The predicted octanol–water partition coefficient (Wildman–Crippen LogP) is 1.64. The highest BCUT2D eigenvalue weighted by Gasteiger charge is 2.26. The van der Waals surface area contributed by atoms with Crippen LogP contribution in [0.3, 0.4) is 0 Å². The van der Waals surface area contributed by atoms with Crippen LogP contribution in [-0.2, 0) is 16.4 Å². The molecule has 0 amide bonds. The van der Waals surface area contributed by atoms with Crippen molar-refractivity contribution in [1.29, 1.82) is 0 Å². The molecule has 4 nitrogen and oxygen atoms in total. The Labute approximate surface area is 116 Å². The van der Waals surface area contributed by atoms with Gasteiger partial charge in [-0.1, -0.05) is 12.1 Å². The number of hydrogen-bond acceptors (Lipinski definition) is 4. The lowest BCUT2D eigenvalue weighted by Crippen LogP contribution is -2.35. The zero-order valence-corrected chi connectivity index (χ0v) is 11.7. The fraction of sp³-hybridized carbons (Fsp3) is 0.538. The second-order valence-corrected chi connectivity index (χ2v) is 6.87. The molecular formula is C13H17F2NO3S. The molecule has 0 saturated carbocycles.